The summed E-state index contributed by atoms with van der Waals surface area (Å²) in [5, 5.41) is 0. The molecule has 4 heteroatoms. The van der Waals surface area contributed by atoms with Crippen LogP contribution in [-0.2, 0) is 14.8 Å². The van der Waals surface area contributed by atoms with Gasteiger partial charge >= 0.3 is 0 Å². The van der Waals surface area contributed by atoms with E-state index in [4.69, 9.17) is 17.6 Å². The molecule has 0 heterocycles. The van der Waals surface area contributed by atoms with Crippen LogP contribution in [0, 0.1) is 0 Å². The minimum Gasteiger partial charge on any atom is -0.294 e. The molecule has 1 atom stereocenters. The van der Waals surface area contributed by atoms with Crippen molar-refractivity contribution in [1.82, 2.24) is 0 Å². The van der Waals surface area contributed by atoms with Gasteiger partial charge in [-0.05, 0) is 0 Å². The number of rotatable bonds is 4. The predicted molar refractivity (Wildman–Crippen MR) is 54.5 cm³/mol. The van der Waals surface area contributed by atoms with Gasteiger partial charge in [-0.2, -0.15) is 0 Å². The van der Waals surface area contributed by atoms with Gasteiger partial charge in [-0.25, -0.2) is 4.29 Å². The Morgan fingerprint density at radius 2 is 2.07 bits per heavy atom. The monoisotopic (exact) mass is 213 g/mol. The fourth-order valence-corrected chi connectivity index (χ4v) is 1.37. The lowest BCUT2D eigenvalue weighted by Gasteiger charge is -2.23. The van der Waals surface area contributed by atoms with E-state index in [0.717, 1.165) is 0 Å². The predicted octanol–water partition coefficient (Wildman–Crippen LogP) is 1.95. The van der Waals surface area contributed by atoms with E-state index in [1.807, 2.05) is 6.07 Å². The van der Waals surface area contributed by atoms with Crippen LogP contribution in [0.5, 0.6) is 0 Å². The van der Waals surface area contributed by atoms with Crippen molar-refractivity contribution < 1.29 is 9.08 Å². The smallest absolute Gasteiger partial charge is 0.222 e. The van der Waals surface area contributed by atoms with E-state index in [1.54, 1.807) is 31.2 Å². The average Bonchev–Trinajstić information content (AvgIpc) is 2.28. The Balaban J connectivity index is 3.08. The fraction of sp³-hybridized carbons (Fsp3) is 0.300. The molecule has 0 fully saturated rings. The highest BCUT2D eigenvalue weighted by molar-refractivity contribution is 6.09. The topological polar surface area (TPSA) is 52.3 Å². The fourth-order valence-electron chi connectivity index (χ4n) is 1.20. The Hall–Kier alpha value is -0.900. The largest absolute Gasteiger partial charge is 0.294 e. The maximum Gasteiger partial charge on any atom is 0.222 e. The Labute approximate surface area is 88.0 Å². The quantitative estimate of drug-likeness (QED) is 0.778. The summed E-state index contributed by atoms with van der Waals surface area (Å²) in [6, 6.07) is 8.78. The number of ketones is 1. The summed E-state index contributed by atoms with van der Waals surface area (Å²) in [5.41, 5.74) is 4.80. The van der Waals surface area contributed by atoms with Crippen molar-refractivity contribution >= 4 is 17.6 Å². The lowest BCUT2D eigenvalue weighted by molar-refractivity contribution is -0.134. The van der Waals surface area contributed by atoms with Gasteiger partial charge in [-0.3, -0.25) is 10.5 Å². The van der Waals surface area contributed by atoms with Crippen LogP contribution < -0.4 is 5.73 Å². The maximum atomic E-state index is 11.5. The molecule has 1 aromatic carbocycles. The van der Waals surface area contributed by atoms with Gasteiger partial charge in [0.1, 0.15) is 0 Å². The molecular weight excluding hydrogens is 202 g/mol. The molecule has 0 amide bonds. The third-order valence-corrected chi connectivity index (χ3v) is 2.30. The molecule has 76 valence electrons. The molecular formula is C10H12ClNO2. The summed E-state index contributed by atoms with van der Waals surface area (Å²) >= 11 is 5.27. The molecule has 0 saturated heterocycles. The second-order valence-corrected chi connectivity index (χ2v) is 3.11. The van der Waals surface area contributed by atoms with Crippen LogP contribution in [0.2, 0.25) is 0 Å². The van der Waals surface area contributed by atoms with Crippen LogP contribution in [0.25, 0.3) is 0 Å². The van der Waals surface area contributed by atoms with E-state index in [2.05, 4.69) is 4.29 Å². The van der Waals surface area contributed by atoms with Crippen molar-refractivity contribution in [1.29, 1.82) is 0 Å². The zero-order valence-electron chi connectivity index (χ0n) is 7.87. The summed E-state index contributed by atoms with van der Waals surface area (Å²) in [6.07, 6.45) is 0.276. The van der Waals surface area contributed by atoms with Crippen LogP contribution in [0.1, 0.15) is 18.9 Å². The van der Waals surface area contributed by atoms with Crippen LogP contribution in [0.3, 0.4) is 0 Å². The van der Waals surface area contributed by atoms with E-state index in [9.17, 15) is 4.79 Å². The van der Waals surface area contributed by atoms with Gasteiger partial charge in [-0.15, -0.1) is 0 Å². The van der Waals surface area contributed by atoms with Crippen molar-refractivity contribution in [2.45, 2.75) is 19.1 Å². The highest BCUT2D eigenvalue weighted by atomic mass is 35.5. The molecule has 0 bridgehead atoms. The molecule has 1 unspecified atom stereocenters. The van der Waals surface area contributed by atoms with Gasteiger partial charge in [0.2, 0.25) is 5.72 Å². The molecule has 0 radical (unpaired) electrons. The first-order valence-electron chi connectivity index (χ1n) is 4.32. The van der Waals surface area contributed by atoms with Crippen molar-refractivity contribution in [2.75, 3.05) is 0 Å². The minimum atomic E-state index is -1.53. The third kappa shape index (κ3) is 1.95. The zero-order chi connectivity index (χ0) is 10.6. The summed E-state index contributed by atoms with van der Waals surface area (Å²) in [4.78, 5) is 11.5. The van der Waals surface area contributed by atoms with Crippen molar-refractivity contribution in [3.05, 3.63) is 35.9 Å². The van der Waals surface area contributed by atoms with Gasteiger partial charge < -0.3 is 0 Å². The number of halogens is 1. The average molecular weight is 214 g/mol. The van der Waals surface area contributed by atoms with E-state index < -0.39 is 5.72 Å². The highest BCUT2D eigenvalue weighted by Gasteiger charge is 2.35. The molecule has 0 spiro atoms. The molecule has 0 saturated carbocycles. The minimum absolute atomic E-state index is 0.251. The van der Waals surface area contributed by atoms with Gasteiger partial charge in [-0.1, -0.05) is 37.3 Å². The van der Waals surface area contributed by atoms with Gasteiger partial charge in [0.05, 0.1) is 11.9 Å². The number of carbonyl (C=O) groups is 1. The van der Waals surface area contributed by atoms with Crippen LogP contribution >= 0.6 is 11.9 Å². The molecule has 3 nitrogen and oxygen atoms in total. The lowest BCUT2D eigenvalue weighted by atomic mass is 9.98. The number of carbonyl (C=O) groups excluding carboxylic acids is 1. The second kappa shape index (κ2) is 4.55. The molecule has 1 rings (SSSR count). The molecule has 0 aliphatic heterocycles. The number of Topliss-reactive ketones (excluding diaryl/α,β-unsaturated/α-hetero) is 1. The van der Waals surface area contributed by atoms with Crippen molar-refractivity contribution in [3.63, 3.8) is 0 Å². The highest BCUT2D eigenvalue weighted by Crippen LogP contribution is 2.23. The summed E-state index contributed by atoms with van der Waals surface area (Å²) in [6.45, 7) is 1.71. The Morgan fingerprint density at radius 1 is 1.50 bits per heavy atom. The first-order valence-corrected chi connectivity index (χ1v) is 4.63. The second-order valence-electron chi connectivity index (χ2n) is 2.96. The maximum absolute atomic E-state index is 11.5. The Morgan fingerprint density at radius 3 is 2.50 bits per heavy atom. The summed E-state index contributed by atoms with van der Waals surface area (Å²) < 4.78 is 4.58. The molecule has 0 aliphatic rings. The number of hydrogen-bond donors (Lipinski definition) is 1. The molecule has 14 heavy (non-hydrogen) atoms. The van der Waals surface area contributed by atoms with Gasteiger partial charge in [0, 0.05) is 12.0 Å². The number of nitrogens with two attached hydrogens (primary N) is 1. The van der Waals surface area contributed by atoms with Gasteiger partial charge in [0.15, 0.2) is 5.78 Å². The van der Waals surface area contributed by atoms with Crippen molar-refractivity contribution in [3.8, 4) is 0 Å². The third-order valence-electron chi connectivity index (χ3n) is 2.06. The molecule has 2 N–H and O–H groups in total. The molecule has 0 aromatic heterocycles. The van der Waals surface area contributed by atoms with E-state index in [1.165, 1.54) is 0 Å². The first kappa shape index (κ1) is 11.2. The number of hydrogen-bond acceptors (Lipinski definition) is 3. The first-order chi connectivity index (χ1) is 6.65. The standard InChI is InChI=1S/C10H12ClNO2/c1-2-9(13)10(12,14-11)8-6-4-3-5-7-8/h3-7H,2,12H2,1H3. The van der Waals surface area contributed by atoms with Crippen LogP contribution in [0.15, 0.2) is 30.3 Å². The van der Waals surface area contributed by atoms with Crippen LogP contribution in [-0.4, -0.2) is 5.78 Å². The Kier molecular flexibility index (Phi) is 3.63. The van der Waals surface area contributed by atoms with Gasteiger partial charge in [0.25, 0.3) is 0 Å². The normalized spacial score (nSPS) is 14.8. The molecule has 1 aromatic rings. The van der Waals surface area contributed by atoms with Crippen molar-refractivity contribution in [2.24, 2.45) is 5.73 Å². The summed E-state index contributed by atoms with van der Waals surface area (Å²) in [5.74, 6) is -0.251. The number of benzene rings is 1. The molecule has 0 aliphatic carbocycles. The lowest BCUT2D eigenvalue weighted by Crippen LogP contribution is -2.45. The SMILES string of the molecule is CCC(=O)C(N)(OCl)c1ccccc1. The van der Waals surface area contributed by atoms with E-state index >= 15 is 0 Å². The van der Waals surface area contributed by atoms with E-state index in [0.29, 0.717) is 5.56 Å². The summed E-state index contributed by atoms with van der Waals surface area (Å²) in [7, 11) is 0. The zero-order valence-corrected chi connectivity index (χ0v) is 8.62. The van der Waals surface area contributed by atoms with E-state index in [-0.39, 0.29) is 12.2 Å². The van der Waals surface area contributed by atoms with Crippen LogP contribution in [0.4, 0.5) is 0 Å². The Bertz CT molecular complexity index is 315.